The normalized spacial score (nSPS) is 19.4. The number of likely N-dealkylation sites (tertiary alicyclic amines) is 1. The Hall–Kier alpha value is -1.55. The third-order valence-corrected chi connectivity index (χ3v) is 3.77. The number of benzene rings is 1. The standard InChI is InChI=1S/C15H22N2O2/c16-13-7-4-12(5-8-13)6-9-15(19)17-10-2-1-3-14(17)11-18/h4-5,7-8,14,18H,1-3,6,9-11,16H2. The van der Waals surface area contributed by atoms with E-state index in [4.69, 9.17) is 5.73 Å². The molecule has 104 valence electrons. The molecule has 2 rings (SSSR count). The number of nitrogens with two attached hydrogens (primary N) is 1. The molecule has 1 atom stereocenters. The van der Waals surface area contributed by atoms with Gasteiger partial charge in [-0.15, -0.1) is 0 Å². The minimum Gasteiger partial charge on any atom is -0.399 e. The van der Waals surface area contributed by atoms with Gasteiger partial charge in [0.25, 0.3) is 0 Å². The van der Waals surface area contributed by atoms with E-state index in [-0.39, 0.29) is 18.6 Å². The Morgan fingerprint density at radius 3 is 2.74 bits per heavy atom. The van der Waals surface area contributed by atoms with Crippen LogP contribution in [0.15, 0.2) is 24.3 Å². The SMILES string of the molecule is Nc1ccc(CCC(=O)N2CCCCC2CO)cc1. The Balaban J connectivity index is 1.87. The average Bonchev–Trinajstić information content (AvgIpc) is 2.46. The summed E-state index contributed by atoms with van der Waals surface area (Å²) in [5.41, 5.74) is 7.50. The molecule has 19 heavy (non-hydrogen) atoms. The first-order chi connectivity index (χ1) is 9.20. The van der Waals surface area contributed by atoms with E-state index in [1.807, 2.05) is 29.2 Å². The smallest absolute Gasteiger partial charge is 0.223 e. The highest BCUT2D eigenvalue weighted by Gasteiger charge is 2.25. The third-order valence-electron chi connectivity index (χ3n) is 3.77. The zero-order valence-electron chi connectivity index (χ0n) is 11.2. The van der Waals surface area contributed by atoms with E-state index in [2.05, 4.69) is 0 Å². The second-order valence-corrected chi connectivity index (χ2v) is 5.16. The lowest BCUT2D eigenvalue weighted by Gasteiger charge is -2.34. The van der Waals surface area contributed by atoms with Crippen LogP contribution < -0.4 is 5.73 Å². The molecule has 1 heterocycles. The van der Waals surface area contributed by atoms with E-state index in [1.54, 1.807) is 0 Å². The number of amides is 1. The van der Waals surface area contributed by atoms with Crippen LogP contribution in [-0.4, -0.2) is 35.1 Å². The molecule has 1 aromatic carbocycles. The van der Waals surface area contributed by atoms with Crippen LogP contribution >= 0.6 is 0 Å². The molecule has 1 aliphatic heterocycles. The molecule has 4 nitrogen and oxygen atoms in total. The lowest BCUT2D eigenvalue weighted by Crippen LogP contribution is -2.45. The van der Waals surface area contributed by atoms with Crippen molar-refractivity contribution in [3.63, 3.8) is 0 Å². The lowest BCUT2D eigenvalue weighted by molar-refractivity contribution is -0.135. The summed E-state index contributed by atoms with van der Waals surface area (Å²) in [5, 5.41) is 9.32. The molecule has 3 N–H and O–H groups in total. The van der Waals surface area contributed by atoms with Gasteiger partial charge in [0.05, 0.1) is 12.6 Å². The number of aliphatic hydroxyl groups excluding tert-OH is 1. The summed E-state index contributed by atoms with van der Waals surface area (Å²) in [6.07, 6.45) is 4.30. The second kappa shape index (κ2) is 6.57. The molecule has 0 aromatic heterocycles. The number of rotatable bonds is 4. The van der Waals surface area contributed by atoms with E-state index >= 15 is 0 Å². The number of carbonyl (C=O) groups excluding carboxylic acids is 1. The number of aliphatic hydroxyl groups is 1. The molecule has 1 aromatic rings. The van der Waals surface area contributed by atoms with Crippen molar-refractivity contribution in [1.29, 1.82) is 0 Å². The Morgan fingerprint density at radius 1 is 1.32 bits per heavy atom. The van der Waals surface area contributed by atoms with Gasteiger partial charge in [-0.25, -0.2) is 0 Å². The molecule has 1 fully saturated rings. The van der Waals surface area contributed by atoms with Gasteiger partial charge in [0, 0.05) is 18.7 Å². The number of piperidine rings is 1. The van der Waals surface area contributed by atoms with E-state index in [0.29, 0.717) is 6.42 Å². The van der Waals surface area contributed by atoms with Crippen molar-refractivity contribution in [2.24, 2.45) is 0 Å². The molecular weight excluding hydrogens is 240 g/mol. The fraction of sp³-hybridized carbons (Fsp3) is 0.533. The lowest BCUT2D eigenvalue weighted by atomic mass is 10.0. The zero-order valence-corrected chi connectivity index (χ0v) is 11.2. The van der Waals surface area contributed by atoms with Crippen LogP contribution in [0.4, 0.5) is 5.69 Å². The molecule has 0 spiro atoms. The molecule has 1 unspecified atom stereocenters. The quantitative estimate of drug-likeness (QED) is 0.809. The average molecular weight is 262 g/mol. The number of nitrogen functional groups attached to an aromatic ring is 1. The van der Waals surface area contributed by atoms with E-state index in [1.165, 1.54) is 0 Å². The van der Waals surface area contributed by atoms with Crippen LogP contribution in [0.5, 0.6) is 0 Å². The Labute approximate surface area is 114 Å². The summed E-state index contributed by atoms with van der Waals surface area (Å²) in [7, 11) is 0. The third kappa shape index (κ3) is 3.70. The van der Waals surface area contributed by atoms with Gasteiger partial charge in [-0.2, -0.15) is 0 Å². The molecule has 0 bridgehead atoms. The molecule has 1 aliphatic rings. The van der Waals surface area contributed by atoms with Gasteiger partial charge in [-0.05, 0) is 43.4 Å². The minimum atomic E-state index is 0.0210. The number of aryl methyl sites for hydroxylation is 1. The highest BCUT2D eigenvalue weighted by Crippen LogP contribution is 2.18. The first-order valence-electron chi connectivity index (χ1n) is 6.95. The predicted molar refractivity (Wildman–Crippen MR) is 75.6 cm³/mol. The molecule has 0 saturated carbocycles. The maximum absolute atomic E-state index is 12.2. The molecule has 1 amide bonds. The van der Waals surface area contributed by atoms with Crippen molar-refractivity contribution in [2.45, 2.75) is 38.1 Å². The van der Waals surface area contributed by atoms with Gasteiger partial charge in [-0.1, -0.05) is 12.1 Å². The van der Waals surface area contributed by atoms with Gasteiger partial charge in [0.2, 0.25) is 5.91 Å². The van der Waals surface area contributed by atoms with Crippen molar-refractivity contribution in [1.82, 2.24) is 4.90 Å². The number of carbonyl (C=O) groups is 1. The fourth-order valence-corrected chi connectivity index (χ4v) is 2.60. The van der Waals surface area contributed by atoms with Gasteiger partial charge >= 0.3 is 0 Å². The molecule has 4 heteroatoms. The summed E-state index contributed by atoms with van der Waals surface area (Å²) in [6.45, 7) is 0.861. The van der Waals surface area contributed by atoms with Crippen LogP contribution in [-0.2, 0) is 11.2 Å². The van der Waals surface area contributed by atoms with Gasteiger partial charge in [-0.3, -0.25) is 4.79 Å². The van der Waals surface area contributed by atoms with E-state index < -0.39 is 0 Å². The first kappa shape index (κ1) is 13.9. The maximum atomic E-state index is 12.2. The minimum absolute atomic E-state index is 0.0210. The summed E-state index contributed by atoms with van der Waals surface area (Å²) in [4.78, 5) is 14.0. The summed E-state index contributed by atoms with van der Waals surface area (Å²) in [5.74, 6) is 0.149. The van der Waals surface area contributed by atoms with Crippen LogP contribution in [0, 0.1) is 0 Å². The molecule has 0 radical (unpaired) electrons. The number of nitrogens with zero attached hydrogens (tertiary/aromatic N) is 1. The molecule has 1 saturated heterocycles. The Morgan fingerprint density at radius 2 is 2.05 bits per heavy atom. The summed E-state index contributed by atoms with van der Waals surface area (Å²) < 4.78 is 0. The maximum Gasteiger partial charge on any atom is 0.223 e. The van der Waals surface area contributed by atoms with Crippen molar-refractivity contribution in [2.75, 3.05) is 18.9 Å². The Bertz CT molecular complexity index is 417. The summed E-state index contributed by atoms with van der Waals surface area (Å²) in [6, 6.07) is 7.66. The number of anilines is 1. The second-order valence-electron chi connectivity index (χ2n) is 5.16. The fourth-order valence-electron chi connectivity index (χ4n) is 2.60. The highest BCUT2D eigenvalue weighted by molar-refractivity contribution is 5.77. The molecular formula is C15H22N2O2. The van der Waals surface area contributed by atoms with E-state index in [0.717, 1.165) is 43.5 Å². The number of hydrogen-bond acceptors (Lipinski definition) is 3. The predicted octanol–water partition coefficient (Wildman–Crippen LogP) is 1.57. The zero-order chi connectivity index (χ0) is 13.7. The summed E-state index contributed by atoms with van der Waals surface area (Å²) >= 11 is 0. The van der Waals surface area contributed by atoms with Crippen LogP contribution in [0.1, 0.15) is 31.2 Å². The van der Waals surface area contributed by atoms with Gasteiger partial charge in [0.15, 0.2) is 0 Å². The van der Waals surface area contributed by atoms with Gasteiger partial charge in [0.1, 0.15) is 0 Å². The highest BCUT2D eigenvalue weighted by atomic mass is 16.3. The largest absolute Gasteiger partial charge is 0.399 e. The first-order valence-corrected chi connectivity index (χ1v) is 6.95. The van der Waals surface area contributed by atoms with Gasteiger partial charge < -0.3 is 15.7 Å². The number of hydrogen-bond donors (Lipinski definition) is 2. The van der Waals surface area contributed by atoms with Crippen LogP contribution in [0.2, 0.25) is 0 Å². The van der Waals surface area contributed by atoms with Crippen molar-refractivity contribution < 1.29 is 9.90 Å². The monoisotopic (exact) mass is 262 g/mol. The van der Waals surface area contributed by atoms with Crippen molar-refractivity contribution >= 4 is 11.6 Å². The van der Waals surface area contributed by atoms with Crippen LogP contribution in [0.25, 0.3) is 0 Å². The van der Waals surface area contributed by atoms with Crippen molar-refractivity contribution in [3.05, 3.63) is 29.8 Å². The Kier molecular flexibility index (Phi) is 4.80. The van der Waals surface area contributed by atoms with E-state index in [9.17, 15) is 9.90 Å². The molecule has 0 aliphatic carbocycles. The topological polar surface area (TPSA) is 66.6 Å². The van der Waals surface area contributed by atoms with Crippen LogP contribution in [0.3, 0.4) is 0 Å². The van der Waals surface area contributed by atoms with Crippen molar-refractivity contribution in [3.8, 4) is 0 Å².